The number of phosphoric ester groups is 1. The molecule has 1 fully saturated rings. The van der Waals surface area contributed by atoms with Crippen LogP contribution in [0.5, 0.6) is 0 Å². The van der Waals surface area contributed by atoms with E-state index in [1.807, 2.05) is 0 Å². The van der Waals surface area contributed by atoms with Crippen molar-refractivity contribution in [3.05, 3.63) is 0 Å². The highest BCUT2D eigenvalue weighted by Gasteiger charge is 2.51. The van der Waals surface area contributed by atoms with Crippen molar-refractivity contribution in [1.29, 1.82) is 0 Å². The number of amides is 1. The molecule has 382 valence electrons. The summed E-state index contributed by atoms with van der Waals surface area (Å²) in [4.78, 5) is 23.5. The molecule has 0 radical (unpaired) electrons. The lowest BCUT2D eigenvalue weighted by Crippen LogP contribution is -2.64. The molecule has 0 aromatic rings. The molecule has 64 heavy (non-hydrogen) atoms. The van der Waals surface area contributed by atoms with Crippen LogP contribution in [0.25, 0.3) is 0 Å². The summed E-state index contributed by atoms with van der Waals surface area (Å²) < 4.78 is 22.9. The predicted molar refractivity (Wildman–Crippen MR) is 257 cm³/mol. The number of hydrogen-bond donors (Lipinski definition) is 9. The lowest BCUT2D eigenvalue weighted by Gasteiger charge is -2.41. The molecule has 14 heteroatoms. The van der Waals surface area contributed by atoms with Gasteiger partial charge in [0.15, 0.2) is 0 Å². The fourth-order valence-corrected chi connectivity index (χ4v) is 9.86. The summed E-state index contributed by atoms with van der Waals surface area (Å²) in [6.45, 7) is 3.73. The van der Waals surface area contributed by atoms with E-state index >= 15 is 0 Å². The van der Waals surface area contributed by atoms with E-state index in [-0.39, 0.29) is 12.8 Å². The number of phosphoric acid groups is 1. The van der Waals surface area contributed by atoms with Gasteiger partial charge in [-0.2, -0.15) is 0 Å². The second-order valence-corrected chi connectivity index (χ2v) is 20.6. The normalized spacial score (nSPS) is 22.6. The smallest absolute Gasteiger partial charge is 0.390 e. The van der Waals surface area contributed by atoms with Gasteiger partial charge < -0.3 is 46.0 Å². The Balaban J connectivity index is 2.38. The molecule has 0 bridgehead atoms. The van der Waals surface area contributed by atoms with Gasteiger partial charge in [-0.25, -0.2) is 4.57 Å². The standard InChI is InChI=1S/C50H100NO12P/c1-3-5-7-9-11-13-15-17-18-19-20-21-22-23-24-25-26-27-29-31-33-35-37-39-43(53)51-41(40-62-64(60,61)63-50-48(58)46(56)45(55)47(57)49(50)59)44(54)42(52)38-36-34-32-30-28-16-14-12-10-8-6-4-2/h41-42,44-50,52,54-59H,3-40H2,1-2H3,(H,51,53)(H,60,61). The van der Waals surface area contributed by atoms with E-state index in [0.29, 0.717) is 12.8 Å². The first kappa shape index (κ1) is 61.3. The van der Waals surface area contributed by atoms with E-state index in [4.69, 9.17) is 9.05 Å². The van der Waals surface area contributed by atoms with Gasteiger partial charge in [-0.1, -0.05) is 232 Å². The Bertz CT molecular complexity index is 1110. The van der Waals surface area contributed by atoms with Gasteiger partial charge in [0.05, 0.1) is 18.8 Å². The molecule has 1 aliphatic carbocycles. The van der Waals surface area contributed by atoms with Gasteiger partial charge >= 0.3 is 7.82 Å². The van der Waals surface area contributed by atoms with Crippen LogP contribution < -0.4 is 5.32 Å². The molecule has 1 amide bonds. The van der Waals surface area contributed by atoms with Crippen LogP contribution in [0.3, 0.4) is 0 Å². The zero-order valence-corrected chi connectivity index (χ0v) is 41.6. The van der Waals surface area contributed by atoms with Gasteiger partial charge in [0.2, 0.25) is 5.91 Å². The number of aliphatic hydroxyl groups is 7. The molecule has 1 aliphatic rings. The van der Waals surface area contributed by atoms with Crippen LogP contribution in [-0.2, 0) is 18.4 Å². The molecule has 0 aromatic carbocycles. The van der Waals surface area contributed by atoms with E-state index < -0.39 is 75.2 Å². The summed E-state index contributed by atoms with van der Waals surface area (Å²) in [5, 5.41) is 75.1. The molecule has 0 spiro atoms. The highest BCUT2D eigenvalue weighted by molar-refractivity contribution is 7.47. The first-order valence-electron chi connectivity index (χ1n) is 26.6. The lowest BCUT2D eigenvalue weighted by molar-refractivity contribution is -0.220. The number of unbranched alkanes of at least 4 members (excludes halogenated alkanes) is 33. The van der Waals surface area contributed by atoms with Crippen molar-refractivity contribution in [2.45, 2.75) is 306 Å². The number of carbonyl (C=O) groups excluding carboxylic acids is 1. The maximum atomic E-state index is 13.0. The summed E-state index contributed by atoms with van der Waals surface area (Å²) in [7, 11) is -5.15. The number of aliphatic hydroxyl groups excluding tert-OH is 7. The van der Waals surface area contributed by atoms with E-state index in [9.17, 15) is 50.0 Å². The number of nitrogens with one attached hydrogen (secondary N) is 1. The molecular formula is C50H100NO12P. The molecule has 8 unspecified atom stereocenters. The Hall–Kier alpha value is -0.700. The van der Waals surface area contributed by atoms with Crippen LogP contribution in [0.4, 0.5) is 0 Å². The predicted octanol–water partition coefficient (Wildman–Crippen LogP) is 9.99. The van der Waals surface area contributed by atoms with E-state index in [0.717, 1.165) is 38.5 Å². The van der Waals surface area contributed by atoms with Gasteiger partial charge in [0.1, 0.15) is 42.7 Å². The van der Waals surface area contributed by atoms with Crippen molar-refractivity contribution < 1.29 is 59.0 Å². The summed E-state index contributed by atoms with van der Waals surface area (Å²) >= 11 is 0. The third-order valence-electron chi connectivity index (χ3n) is 13.3. The van der Waals surface area contributed by atoms with Crippen molar-refractivity contribution >= 4 is 13.7 Å². The minimum absolute atomic E-state index is 0.156. The minimum atomic E-state index is -5.15. The molecule has 13 nitrogen and oxygen atoms in total. The molecule has 1 rings (SSSR count). The van der Waals surface area contributed by atoms with Crippen LogP contribution in [0.15, 0.2) is 0 Å². The monoisotopic (exact) mass is 938 g/mol. The fraction of sp³-hybridized carbons (Fsp3) is 0.980. The maximum Gasteiger partial charge on any atom is 0.472 e. The summed E-state index contributed by atoms with van der Waals surface area (Å²) in [6, 6.07) is -1.30. The van der Waals surface area contributed by atoms with Crippen molar-refractivity contribution in [3.63, 3.8) is 0 Å². The van der Waals surface area contributed by atoms with Crippen molar-refractivity contribution in [2.75, 3.05) is 6.61 Å². The van der Waals surface area contributed by atoms with Gasteiger partial charge in [-0.15, -0.1) is 0 Å². The average molecular weight is 938 g/mol. The maximum absolute atomic E-state index is 13.0. The Kier molecular flexibility index (Phi) is 38.5. The molecule has 1 saturated carbocycles. The first-order chi connectivity index (χ1) is 30.9. The Morgan fingerprint density at radius 1 is 0.484 bits per heavy atom. The molecule has 0 aromatic heterocycles. The van der Waals surface area contributed by atoms with E-state index in [1.54, 1.807) is 0 Å². The summed E-state index contributed by atoms with van der Waals surface area (Å²) in [5.41, 5.74) is 0. The first-order valence-corrected chi connectivity index (χ1v) is 28.1. The zero-order chi connectivity index (χ0) is 47.3. The fourth-order valence-electron chi connectivity index (χ4n) is 8.89. The summed E-state index contributed by atoms with van der Waals surface area (Å²) in [5.74, 6) is -0.416. The Morgan fingerprint density at radius 2 is 0.781 bits per heavy atom. The minimum Gasteiger partial charge on any atom is -0.390 e. The third kappa shape index (κ3) is 30.6. The zero-order valence-electron chi connectivity index (χ0n) is 40.7. The molecule has 9 N–H and O–H groups in total. The largest absolute Gasteiger partial charge is 0.472 e. The molecule has 0 saturated heterocycles. The second-order valence-electron chi connectivity index (χ2n) is 19.2. The van der Waals surface area contributed by atoms with Gasteiger partial charge in [0, 0.05) is 6.42 Å². The second kappa shape index (κ2) is 40.2. The van der Waals surface area contributed by atoms with Crippen molar-refractivity contribution in [1.82, 2.24) is 5.32 Å². The number of carbonyl (C=O) groups is 1. The van der Waals surface area contributed by atoms with E-state index in [2.05, 4.69) is 19.2 Å². The van der Waals surface area contributed by atoms with Crippen LogP contribution in [-0.4, -0.2) is 108 Å². The quantitative estimate of drug-likeness (QED) is 0.0205. The Labute approximate surface area is 389 Å². The van der Waals surface area contributed by atoms with Gasteiger partial charge in [-0.05, 0) is 12.8 Å². The SMILES string of the molecule is CCCCCCCCCCCCCCCCCCCCCCCCCC(=O)NC(COP(=O)(O)OC1C(O)C(O)C(O)C(O)C1O)C(O)C(O)CCCCCCCCCCCCCC. The molecular weight excluding hydrogens is 838 g/mol. The van der Waals surface area contributed by atoms with E-state index in [1.165, 1.54) is 173 Å². The van der Waals surface area contributed by atoms with Gasteiger partial charge in [-0.3, -0.25) is 13.8 Å². The van der Waals surface area contributed by atoms with Crippen LogP contribution in [0.1, 0.15) is 251 Å². The van der Waals surface area contributed by atoms with Crippen LogP contribution >= 0.6 is 7.82 Å². The van der Waals surface area contributed by atoms with Crippen LogP contribution in [0, 0.1) is 0 Å². The highest BCUT2D eigenvalue weighted by atomic mass is 31.2. The number of hydrogen-bond acceptors (Lipinski definition) is 11. The van der Waals surface area contributed by atoms with Crippen molar-refractivity contribution in [2.24, 2.45) is 0 Å². The third-order valence-corrected chi connectivity index (χ3v) is 14.2. The highest BCUT2D eigenvalue weighted by Crippen LogP contribution is 2.47. The summed E-state index contributed by atoms with van der Waals surface area (Å²) in [6.07, 6.45) is 28.6. The van der Waals surface area contributed by atoms with Gasteiger partial charge in [0.25, 0.3) is 0 Å². The van der Waals surface area contributed by atoms with Crippen molar-refractivity contribution in [3.8, 4) is 0 Å². The topological polar surface area (TPSA) is 226 Å². The molecule has 8 atom stereocenters. The number of rotatable bonds is 45. The molecule has 0 aliphatic heterocycles. The molecule has 0 heterocycles. The Morgan fingerprint density at radius 3 is 1.12 bits per heavy atom. The lowest BCUT2D eigenvalue weighted by atomic mass is 9.85. The van der Waals surface area contributed by atoms with Crippen LogP contribution in [0.2, 0.25) is 0 Å². The average Bonchev–Trinajstić information content (AvgIpc) is 3.28.